The summed E-state index contributed by atoms with van der Waals surface area (Å²) >= 11 is 0. The zero-order chi connectivity index (χ0) is 17.2. The SMILES string of the molecule is COc1cc(CNC(=O)CCC(C)N)ccc1OCCC(C)C. The fourth-order valence-corrected chi connectivity index (χ4v) is 1.99. The molecule has 1 atom stereocenters. The van der Waals surface area contributed by atoms with E-state index in [0.717, 1.165) is 17.7 Å². The molecule has 1 aromatic carbocycles. The Morgan fingerprint density at radius 2 is 1.96 bits per heavy atom. The predicted molar refractivity (Wildman–Crippen MR) is 92.7 cm³/mol. The van der Waals surface area contributed by atoms with Gasteiger partial charge in [-0.1, -0.05) is 19.9 Å². The molecule has 0 aliphatic carbocycles. The Morgan fingerprint density at radius 3 is 2.57 bits per heavy atom. The molecule has 23 heavy (non-hydrogen) atoms. The highest BCUT2D eigenvalue weighted by Gasteiger charge is 2.08. The van der Waals surface area contributed by atoms with Crippen molar-refractivity contribution in [3.8, 4) is 11.5 Å². The lowest BCUT2D eigenvalue weighted by molar-refractivity contribution is -0.121. The number of amides is 1. The Morgan fingerprint density at radius 1 is 1.22 bits per heavy atom. The van der Waals surface area contributed by atoms with Gasteiger partial charge in [-0.2, -0.15) is 0 Å². The van der Waals surface area contributed by atoms with E-state index >= 15 is 0 Å². The Kier molecular flexibility index (Phi) is 8.48. The summed E-state index contributed by atoms with van der Waals surface area (Å²) in [6, 6.07) is 5.78. The van der Waals surface area contributed by atoms with E-state index in [0.29, 0.717) is 37.7 Å². The Bertz CT molecular complexity index is 487. The van der Waals surface area contributed by atoms with Crippen LogP contribution in [0, 0.1) is 5.92 Å². The number of rotatable bonds is 10. The summed E-state index contributed by atoms with van der Waals surface area (Å²) in [5.74, 6) is 2.04. The second-order valence-corrected chi connectivity index (χ2v) is 6.31. The van der Waals surface area contributed by atoms with Gasteiger partial charge < -0.3 is 20.5 Å². The lowest BCUT2D eigenvalue weighted by Gasteiger charge is -2.13. The minimum Gasteiger partial charge on any atom is -0.493 e. The molecule has 0 aliphatic rings. The molecule has 0 radical (unpaired) electrons. The zero-order valence-electron chi connectivity index (χ0n) is 14.7. The largest absolute Gasteiger partial charge is 0.493 e. The maximum Gasteiger partial charge on any atom is 0.220 e. The quantitative estimate of drug-likeness (QED) is 0.695. The van der Waals surface area contributed by atoms with Crippen LogP contribution in [0.1, 0.15) is 45.6 Å². The molecule has 0 saturated heterocycles. The minimum atomic E-state index is 0.0125. The van der Waals surface area contributed by atoms with E-state index in [1.165, 1.54) is 0 Å². The summed E-state index contributed by atoms with van der Waals surface area (Å²) in [6.45, 7) is 7.37. The van der Waals surface area contributed by atoms with Gasteiger partial charge in [0.2, 0.25) is 5.91 Å². The highest BCUT2D eigenvalue weighted by Crippen LogP contribution is 2.28. The monoisotopic (exact) mass is 322 g/mol. The third-order valence-corrected chi connectivity index (χ3v) is 3.50. The number of ether oxygens (including phenoxy) is 2. The summed E-state index contributed by atoms with van der Waals surface area (Å²) in [5, 5.41) is 2.89. The van der Waals surface area contributed by atoms with E-state index < -0.39 is 0 Å². The third-order valence-electron chi connectivity index (χ3n) is 3.50. The van der Waals surface area contributed by atoms with Gasteiger partial charge in [-0.3, -0.25) is 4.79 Å². The van der Waals surface area contributed by atoms with E-state index in [-0.39, 0.29) is 11.9 Å². The minimum absolute atomic E-state index is 0.0125. The zero-order valence-corrected chi connectivity index (χ0v) is 14.7. The maximum absolute atomic E-state index is 11.7. The van der Waals surface area contributed by atoms with Crippen molar-refractivity contribution in [2.24, 2.45) is 11.7 Å². The summed E-state index contributed by atoms with van der Waals surface area (Å²) < 4.78 is 11.1. The molecule has 5 heteroatoms. The van der Waals surface area contributed by atoms with Gasteiger partial charge >= 0.3 is 0 Å². The number of carbonyl (C=O) groups excluding carboxylic acids is 1. The number of hydrogen-bond acceptors (Lipinski definition) is 4. The Labute approximate surface area is 139 Å². The molecule has 0 bridgehead atoms. The van der Waals surface area contributed by atoms with Crippen LogP contribution in [0.4, 0.5) is 0 Å². The van der Waals surface area contributed by atoms with Crippen LogP contribution in [0.15, 0.2) is 18.2 Å². The van der Waals surface area contributed by atoms with Crippen molar-refractivity contribution in [1.82, 2.24) is 5.32 Å². The lowest BCUT2D eigenvalue weighted by Crippen LogP contribution is -2.25. The van der Waals surface area contributed by atoms with Gasteiger partial charge in [-0.15, -0.1) is 0 Å². The van der Waals surface area contributed by atoms with Crippen molar-refractivity contribution in [1.29, 1.82) is 0 Å². The van der Waals surface area contributed by atoms with E-state index in [1.54, 1.807) is 7.11 Å². The fourth-order valence-electron chi connectivity index (χ4n) is 1.99. The summed E-state index contributed by atoms with van der Waals surface area (Å²) in [4.78, 5) is 11.7. The molecule has 1 amide bonds. The van der Waals surface area contributed by atoms with Crippen molar-refractivity contribution < 1.29 is 14.3 Å². The second kappa shape index (κ2) is 10.1. The maximum atomic E-state index is 11.7. The summed E-state index contributed by atoms with van der Waals surface area (Å²) in [6.07, 6.45) is 2.14. The molecule has 0 spiro atoms. The van der Waals surface area contributed by atoms with Crippen LogP contribution < -0.4 is 20.5 Å². The number of nitrogens with one attached hydrogen (secondary N) is 1. The van der Waals surface area contributed by atoms with E-state index in [4.69, 9.17) is 15.2 Å². The van der Waals surface area contributed by atoms with Gasteiger partial charge in [0, 0.05) is 19.0 Å². The van der Waals surface area contributed by atoms with Crippen LogP contribution in [0.2, 0.25) is 0 Å². The van der Waals surface area contributed by atoms with Crippen LogP contribution >= 0.6 is 0 Å². The predicted octanol–water partition coefficient (Wildman–Crippen LogP) is 2.86. The molecule has 1 aromatic rings. The molecule has 0 aromatic heterocycles. The van der Waals surface area contributed by atoms with E-state index in [9.17, 15) is 4.79 Å². The van der Waals surface area contributed by atoms with Crippen LogP contribution in [-0.2, 0) is 11.3 Å². The molecule has 3 N–H and O–H groups in total. The second-order valence-electron chi connectivity index (χ2n) is 6.31. The van der Waals surface area contributed by atoms with Gasteiger partial charge in [0.1, 0.15) is 0 Å². The van der Waals surface area contributed by atoms with Crippen molar-refractivity contribution in [2.75, 3.05) is 13.7 Å². The normalized spacial score (nSPS) is 12.1. The molecule has 5 nitrogen and oxygen atoms in total. The van der Waals surface area contributed by atoms with Crippen molar-refractivity contribution in [3.63, 3.8) is 0 Å². The lowest BCUT2D eigenvalue weighted by atomic mass is 10.1. The van der Waals surface area contributed by atoms with Gasteiger partial charge in [-0.25, -0.2) is 0 Å². The van der Waals surface area contributed by atoms with Crippen LogP contribution in [0.5, 0.6) is 11.5 Å². The first-order valence-electron chi connectivity index (χ1n) is 8.24. The Hall–Kier alpha value is -1.75. The number of benzene rings is 1. The first kappa shape index (κ1) is 19.3. The smallest absolute Gasteiger partial charge is 0.220 e. The summed E-state index contributed by atoms with van der Waals surface area (Å²) in [5.41, 5.74) is 6.63. The highest BCUT2D eigenvalue weighted by atomic mass is 16.5. The van der Waals surface area contributed by atoms with Crippen molar-refractivity contribution >= 4 is 5.91 Å². The topological polar surface area (TPSA) is 73.6 Å². The number of carbonyl (C=O) groups is 1. The van der Waals surface area contributed by atoms with Gasteiger partial charge in [0.25, 0.3) is 0 Å². The molecular formula is C18H30N2O3. The number of nitrogens with two attached hydrogens (primary N) is 1. The Balaban J connectivity index is 2.52. The van der Waals surface area contributed by atoms with Crippen LogP contribution in [0.3, 0.4) is 0 Å². The van der Waals surface area contributed by atoms with Crippen LogP contribution in [0.25, 0.3) is 0 Å². The average Bonchev–Trinajstić information content (AvgIpc) is 2.51. The first-order valence-corrected chi connectivity index (χ1v) is 8.24. The van der Waals surface area contributed by atoms with E-state index in [1.807, 2.05) is 25.1 Å². The molecule has 0 aliphatic heterocycles. The molecule has 0 heterocycles. The molecule has 130 valence electrons. The molecule has 1 rings (SSSR count). The van der Waals surface area contributed by atoms with Gasteiger partial charge in [0.05, 0.1) is 13.7 Å². The highest BCUT2D eigenvalue weighted by molar-refractivity contribution is 5.75. The van der Waals surface area contributed by atoms with Crippen molar-refractivity contribution in [3.05, 3.63) is 23.8 Å². The van der Waals surface area contributed by atoms with Crippen molar-refractivity contribution in [2.45, 2.75) is 52.6 Å². The van der Waals surface area contributed by atoms with Gasteiger partial charge in [-0.05, 0) is 43.4 Å². The standard InChI is InChI=1S/C18H30N2O3/c1-13(2)9-10-23-16-7-6-15(11-17(16)22-4)12-20-18(21)8-5-14(3)19/h6-7,11,13-14H,5,8-10,12,19H2,1-4H3,(H,20,21). The first-order chi connectivity index (χ1) is 10.9. The fraction of sp³-hybridized carbons (Fsp3) is 0.611. The molecule has 0 fully saturated rings. The summed E-state index contributed by atoms with van der Waals surface area (Å²) in [7, 11) is 1.62. The number of methoxy groups -OCH3 is 1. The molecule has 1 unspecified atom stereocenters. The number of hydrogen-bond donors (Lipinski definition) is 2. The molecule has 0 saturated carbocycles. The van der Waals surface area contributed by atoms with E-state index in [2.05, 4.69) is 19.2 Å². The average molecular weight is 322 g/mol. The van der Waals surface area contributed by atoms with Crippen LogP contribution in [-0.4, -0.2) is 25.7 Å². The molecular weight excluding hydrogens is 292 g/mol. The third kappa shape index (κ3) is 7.88. The van der Waals surface area contributed by atoms with Gasteiger partial charge in [0.15, 0.2) is 11.5 Å².